The molecule has 0 spiro atoms. The predicted molar refractivity (Wildman–Crippen MR) is 95.2 cm³/mol. The van der Waals surface area contributed by atoms with E-state index in [1.54, 1.807) is 12.1 Å². The summed E-state index contributed by atoms with van der Waals surface area (Å²) in [6, 6.07) is 14.7. The molecule has 0 aromatic heterocycles. The van der Waals surface area contributed by atoms with Crippen LogP contribution in [0.3, 0.4) is 0 Å². The van der Waals surface area contributed by atoms with E-state index in [0.717, 1.165) is 16.8 Å². The Morgan fingerprint density at radius 2 is 2.00 bits per heavy atom. The van der Waals surface area contributed by atoms with Gasteiger partial charge in [0.1, 0.15) is 6.61 Å². The molecule has 2 aromatic rings. The van der Waals surface area contributed by atoms with Crippen molar-refractivity contribution in [3.05, 3.63) is 65.2 Å². The van der Waals surface area contributed by atoms with E-state index < -0.39 is 12.0 Å². The highest BCUT2D eigenvalue weighted by Crippen LogP contribution is 2.33. The molecule has 2 atom stereocenters. The van der Waals surface area contributed by atoms with Gasteiger partial charge < -0.3 is 21.1 Å². The summed E-state index contributed by atoms with van der Waals surface area (Å²) in [6.07, 6.45) is 0.203. The third-order valence-corrected chi connectivity index (χ3v) is 4.21. The molecule has 1 aliphatic heterocycles. The summed E-state index contributed by atoms with van der Waals surface area (Å²) in [7, 11) is 0. The molecule has 1 heterocycles. The van der Waals surface area contributed by atoms with Gasteiger partial charge in [-0.3, -0.25) is 4.79 Å². The van der Waals surface area contributed by atoms with Crippen LogP contribution in [0, 0.1) is 0 Å². The van der Waals surface area contributed by atoms with Crippen molar-refractivity contribution in [2.45, 2.75) is 32.0 Å². The number of amides is 2. The quantitative estimate of drug-likeness (QED) is 0.798. The minimum atomic E-state index is -0.494. The number of alkyl carbamates (subject to hydrolysis) is 1. The Labute approximate surface area is 146 Å². The number of benzene rings is 2. The summed E-state index contributed by atoms with van der Waals surface area (Å²) in [5.74, 6) is -0.494. The van der Waals surface area contributed by atoms with Gasteiger partial charge in [0.25, 0.3) is 0 Å². The third kappa shape index (κ3) is 4.09. The van der Waals surface area contributed by atoms with Crippen LogP contribution in [0.2, 0.25) is 0 Å². The lowest BCUT2D eigenvalue weighted by Gasteiger charge is -2.32. The standard InChI is InChI=1S/C19H21N3O3/c1-12-9-17(15-10-14(18(20)23)7-8-16(15)21-12)22-19(24)25-11-13-5-3-2-4-6-13/h2-8,10,12,17,21H,9,11H2,1H3,(H2,20,23)(H,22,24)/t12-,17+/m0/s1. The Morgan fingerprint density at radius 3 is 2.72 bits per heavy atom. The number of nitrogens with two attached hydrogens (primary N) is 1. The first-order valence-electron chi connectivity index (χ1n) is 8.20. The van der Waals surface area contributed by atoms with Crippen LogP contribution < -0.4 is 16.4 Å². The van der Waals surface area contributed by atoms with Crippen LogP contribution in [0.25, 0.3) is 0 Å². The van der Waals surface area contributed by atoms with Crippen molar-refractivity contribution in [1.29, 1.82) is 0 Å². The number of rotatable bonds is 4. The van der Waals surface area contributed by atoms with E-state index >= 15 is 0 Å². The summed E-state index contributed by atoms with van der Waals surface area (Å²) in [5, 5.41) is 6.23. The second-order valence-electron chi connectivity index (χ2n) is 6.21. The van der Waals surface area contributed by atoms with Crippen LogP contribution in [0.5, 0.6) is 0 Å². The summed E-state index contributed by atoms with van der Waals surface area (Å²) in [5.41, 5.74) is 8.43. The average Bonchev–Trinajstić information content (AvgIpc) is 2.60. The number of hydrogen-bond donors (Lipinski definition) is 3. The minimum absolute atomic E-state index is 0.186. The van der Waals surface area contributed by atoms with Crippen LogP contribution in [0.4, 0.5) is 10.5 Å². The molecule has 0 saturated carbocycles. The minimum Gasteiger partial charge on any atom is -0.445 e. The molecule has 2 aromatic carbocycles. The zero-order valence-electron chi connectivity index (χ0n) is 14.0. The van der Waals surface area contributed by atoms with Crippen molar-refractivity contribution in [2.75, 3.05) is 5.32 Å². The van der Waals surface area contributed by atoms with Gasteiger partial charge in [0.05, 0.1) is 6.04 Å². The number of hydrogen-bond acceptors (Lipinski definition) is 4. The van der Waals surface area contributed by atoms with Crippen molar-refractivity contribution < 1.29 is 14.3 Å². The number of carbonyl (C=O) groups excluding carboxylic acids is 2. The zero-order chi connectivity index (χ0) is 17.8. The fourth-order valence-corrected chi connectivity index (χ4v) is 2.98. The van der Waals surface area contributed by atoms with E-state index in [4.69, 9.17) is 10.5 Å². The fraction of sp³-hybridized carbons (Fsp3) is 0.263. The van der Waals surface area contributed by atoms with Gasteiger partial charge in [-0.2, -0.15) is 0 Å². The normalized spacial score (nSPS) is 18.6. The molecule has 4 N–H and O–H groups in total. The maximum absolute atomic E-state index is 12.2. The molecule has 1 aliphatic rings. The Balaban J connectivity index is 1.70. The van der Waals surface area contributed by atoms with Gasteiger partial charge in [-0.1, -0.05) is 30.3 Å². The smallest absolute Gasteiger partial charge is 0.407 e. The van der Waals surface area contributed by atoms with Gasteiger partial charge in [0, 0.05) is 17.3 Å². The van der Waals surface area contributed by atoms with E-state index in [1.165, 1.54) is 0 Å². The second-order valence-corrected chi connectivity index (χ2v) is 6.21. The van der Waals surface area contributed by atoms with E-state index in [1.807, 2.05) is 43.3 Å². The topological polar surface area (TPSA) is 93.4 Å². The molecular formula is C19H21N3O3. The zero-order valence-corrected chi connectivity index (χ0v) is 14.0. The van der Waals surface area contributed by atoms with Gasteiger partial charge in [-0.15, -0.1) is 0 Å². The molecule has 6 heteroatoms. The van der Waals surface area contributed by atoms with E-state index in [0.29, 0.717) is 12.0 Å². The van der Waals surface area contributed by atoms with Crippen LogP contribution in [0.15, 0.2) is 48.5 Å². The van der Waals surface area contributed by atoms with Gasteiger partial charge in [-0.25, -0.2) is 4.79 Å². The molecule has 0 unspecified atom stereocenters. The van der Waals surface area contributed by atoms with Gasteiger partial charge in [-0.05, 0) is 42.7 Å². The lowest BCUT2D eigenvalue weighted by molar-refractivity contribution is 0.1000. The van der Waals surface area contributed by atoms with Crippen molar-refractivity contribution in [3.63, 3.8) is 0 Å². The molecule has 0 saturated heterocycles. The number of fused-ring (bicyclic) bond motifs is 1. The summed E-state index contributed by atoms with van der Waals surface area (Å²) in [6.45, 7) is 2.25. The first-order valence-corrected chi connectivity index (χ1v) is 8.20. The maximum atomic E-state index is 12.2. The number of primary amides is 1. The molecular weight excluding hydrogens is 318 g/mol. The van der Waals surface area contributed by atoms with Crippen LogP contribution in [-0.4, -0.2) is 18.0 Å². The first kappa shape index (κ1) is 16.8. The van der Waals surface area contributed by atoms with Gasteiger partial charge in [0.2, 0.25) is 5.91 Å². The molecule has 2 amide bonds. The van der Waals surface area contributed by atoms with Crippen LogP contribution >= 0.6 is 0 Å². The van der Waals surface area contributed by atoms with Gasteiger partial charge >= 0.3 is 6.09 Å². The highest BCUT2D eigenvalue weighted by atomic mass is 16.5. The largest absolute Gasteiger partial charge is 0.445 e. The number of anilines is 1. The third-order valence-electron chi connectivity index (χ3n) is 4.21. The number of ether oxygens (including phenoxy) is 1. The lowest BCUT2D eigenvalue weighted by Crippen LogP contribution is -2.36. The predicted octanol–water partition coefficient (Wildman–Crippen LogP) is 2.96. The molecule has 25 heavy (non-hydrogen) atoms. The Morgan fingerprint density at radius 1 is 1.24 bits per heavy atom. The summed E-state index contributed by atoms with van der Waals surface area (Å²) < 4.78 is 5.30. The first-order chi connectivity index (χ1) is 12.0. The number of carbonyl (C=O) groups is 2. The highest BCUT2D eigenvalue weighted by Gasteiger charge is 2.26. The Bertz CT molecular complexity index is 777. The Kier molecular flexibility index (Phi) is 4.88. The molecule has 0 bridgehead atoms. The molecule has 3 rings (SSSR count). The van der Waals surface area contributed by atoms with Crippen molar-refractivity contribution in [2.24, 2.45) is 5.73 Å². The maximum Gasteiger partial charge on any atom is 0.407 e. The fourth-order valence-electron chi connectivity index (χ4n) is 2.98. The van der Waals surface area contributed by atoms with Crippen molar-refractivity contribution in [1.82, 2.24) is 5.32 Å². The van der Waals surface area contributed by atoms with Crippen LogP contribution in [-0.2, 0) is 11.3 Å². The second kappa shape index (κ2) is 7.25. The summed E-state index contributed by atoms with van der Waals surface area (Å²) in [4.78, 5) is 23.6. The molecule has 6 nitrogen and oxygen atoms in total. The van der Waals surface area contributed by atoms with E-state index in [9.17, 15) is 9.59 Å². The van der Waals surface area contributed by atoms with Gasteiger partial charge in [0.15, 0.2) is 0 Å². The van der Waals surface area contributed by atoms with Crippen LogP contribution in [0.1, 0.15) is 40.9 Å². The van der Waals surface area contributed by atoms with Crippen molar-refractivity contribution in [3.8, 4) is 0 Å². The average molecular weight is 339 g/mol. The number of nitrogens with one attached hydrogen (secondary N) is 2. The molecule has 130 valence electrons. The van der Waals surface area contributed by atoms with E-state index in [-0.39, 0.29) is 18.7 Å². The van der Waals surface area contributed by atoms with E-state index in [2.05, 4.69) is 10.6 Å². The summed E-state index contributed by atoms with van der Waals surface area (Å²) >= 11 is 0. The van der Waals surface area contributed by atoms with Crippen molar-refractivity contribution >= 4 is 17.7 Å². The molecule has 0 fully saturated rings. The lowest BCUT2D eigenvalue weighted by atomic mass is 9.92. The monoisotopic (exact) mass is 339 g/mol. The molecule has 0 radical (unpaired) electrons. The SMILES string of the molecule is C[C@H]1C[C@@H](NC(=O)OCc2ccccc2)c2cc(C(N)=O)ccc2N1. The highest BCUT2D eigenvalue weighted by molar-refractivity contribution is 5.93. The molecule has 0 aliphatic carbocycles. The Hall–Kier alpha value is -3.02.